The van der Waals surface area contributed by atoms with Gasteiger partial charge in [0.15, 0.2) is 0 Å². The van der Waals surface area contributed by atoms with Crippen molar-refractivity contribution in [2.24, 2.45) is 0 Å². The van der Waals surface area contributed by atoms with Gasteiger partial charge in [-0.15, -0.1) is 0 Å². The van der Waals surface area contributed by atoms with Gasteiger partial charge in [0.2, 0.25) is 5.91 Å². The average molecular weight is 464 g/mol. The summed E-state index contributed by atoms with van der Waals surface area (Å²) in [4.78, 5) is 16.4. The van der Waals surface area contributed by atoms with Crippen molar-refractivity contribution in [3.63, 3.8) is 0 Å². The van der Waals surface area contributed by atoms with Crippen LogP contribution in [-0.2, 0) is 15.9 Å². The van der Waals surface area contributed by atoms with Crippen LogP contribution in [0.1, 0.15) is 37.3 Å². The second kappa shape index (κ2) is 8.23. The Hall–Kier alpha value is -2.46. The number of nitrogens with one attached hydrogen (secondary N) is 2. The fourth-order valence-corrected chi connectivity index (χ4v) is 3.52. The molecular weight excluding hydrogens is 445 g/mol. The van der Waals surface area contributed by atoms with Crippen LogP contribution in [0.3, 0.4) is 0 Å². The van der Waals surface area contributed by atoms with Crippen molar-refractivity contribution in [2.75, 3.05) is 11.9 Å². The first-order valence-corrected chi connectivity index (χ1v) is 9.65. The van der Waals surface area contributed by atoms with E-state index in [9.17, 15) is 31.9 Å². The van der Waals surface area contributed by atoms with Gasteiger partial charge in [-0.3, -0.25) is 4.79 Å². The van der Waals surface area contributed by atoms with E-state index in [1.807, 2.05) is 0 Å². The number of halogens is 6. The lowest BCUT2D eigenvalue weighted by atomic mass is 9.91. The predicted molar refractivity (Wildman–Crippen MR) is 103 cm³/mol. The molecule has 1 aromatic carbocycles. The van der Waals surface area contributed by atoms with Crippen molar-refractivity contribution in [1.82, 2.24) is 10.3 Å². The number of hydrogen-bond acceptors (Lipinski definition) is 4. The third kappa shape index (κ3) is 5.82. The number of benzene rings is 1. The maximum atomic E-state index is 14.0. The highest BCUT2D eigenvalue weighted by Crippen LogP contribution is 2.47. The first kappa shape index (κ1) is 23.2. The second-order valence-electron chi connectivity index (χ2n) is 7.74. The van der Waals surface area contributed by atoms with E-state index in [-0.39, 0.29) is 16.5 Å². The van der Waals surface area contributed by atoms with Gasteiger partial charge in [-0.2, -0.15) is 13.2 Å². The minimum atomic E-state index is -4.45. The van der Waals surface area contributed by atoms with Crippen LogP contribution in [0.5, 0.6) is 0 Å². The quantitative estimate of drug-likeness (QED) is 0.420. The molecular formula is C20H19ClF5N3O2. The molecule has 5 nitrogen and oxygen atoms in total. The molecule has 2 aromatic rings. The van der Waals surface area contributed by atoms with E-state index in [0.717, 1.165) is 12.1 Å². The molecule has 0 radical (unpaired) electrons. The molecule has 1 saturated carbocycles. The molecule has 1 aliphatic carbocycles. The lowest BCUT2D eigenvalue weighted by molar-refractivity contribution is -0.127. The molecule has 31 heavy (non-hydrogen) atoms. The molecule has 0 saturated heterocycles. The monoisotopic (exact) mass is 463 g/mol. The number of anilines is 1. The highest BCUT2D eigenvalue weighted by molar-refractivity contribution is 6.29. The van der Waals surface area contributed by atoms with Crippen molar-refractivity contribution in [1.29, 1.82) is 0 Å². The standard InChI is InChI=1S/C20H19ClF5N3O2/c1-18(31,13-3-2-12(22)8-14(13)23)9-17(30)29-19(4-5-19)11-6-15(21)28-16(7-11)27-10-20(24,25)26/h2-3,6-8,31H,4-5,9-10H2,1H3,(H,27,28)(H,29,30). The summed E-state index contributed by atoms with van der Waals surface area (Å²) in [7, 11) is 0. The highest BCUT2D eigenvalue weighted by Gasteiger charge is 2.47. The number of aromatic nitrogens is 1. The maximum Gasteiger partial charge on any atom is 0.405 e. The minimum absolute atomic E-state index is 0.0527. The van der Waals surface area contributed by atoms with Gasteiger partial charge in [0.05, 0.1) is 17.6 Å². The van der Waals surface area contributed by atoms with Crippen LogP contribution in [0.4, 0.5) is 27.8 Å². The number of carbonyl (C=O) groups excluding carboxylic acids is 1. The van der Waals surface area contributed by atoms with Crippen LogP contribution < -0.4 is 10.6 Å². The summed E-state index contributed by atoms with van der Waals surface area (Å²) in [5.74, 6) is -2.52. The van der Waals surface area contributed by atoms with E-state index < -0.39 is 47.8 Å². The van der Waals surface area contributed by atoms with Gasteiger partial charge in [-0.05, 0) is 43.5 Å². The molecule has 3 N–H and O–H groups in total. The summed E-state index contributed by atoms with van der Waals surface area (Å²) in [6, 6.07) is 5.44. The predicted octanol–water partition coefficient (Wildman–Crippen LogP) is 4.39. The molecule has 1 aliphatic rings. The Bertz CT molecular complexity index is 993. The Kier molecular flexibility index (Phi) is 6.16. The second-order valence-corrected chi connectivity index (χ2v) is 8.12. The number of carbonyl (C=O) groups is 1. The van der Waals surface area contributed by atoms with Gasteiger partial charge < -0.3 is 15.7 Å². The first-order valence-electron chi connectivity index (χ1n) is 9.27. The van der Waals surface area contributed by atoms with E-state index in [0.29, 0.717) is 24.5 Å². The Labute approximate surface area is 179 Å². The van der Waals surface area contributed by atoms with Crippen LogP contribution in [0.2, 0.25) is 5.15 Å². The van der Waals surface area contributed by atoms with E-state index in [1.54, 1.807) is 0 Å². The topological polar surface area (TPSA) is 74.2 Å². The van der Waals surface area contributed by atoms with Crippen molar-refractivity contribution < 1.29 is 31.9 Å². The summed E-state index contributed by atoms with van der Waals surface area (Å²) in [6.45, 7) is -0.0732. The number of aliphatic hydroxyl groups is 1. The van der Waals surface area contributed by atoms with Gasteiger partial charge in [-0.25, -0.2) is 13.8 Å². The van der Waals surface area contributed by atoms with Gasteiger partial charge in [0.25, 0.3) is 0 Å². The Morgan fingerprint density at radius 3 is 2.48 bits per heavy atom. The van der Waals surface area contributed by atoms with E-state index in [4.69, 9.17) is 11.6 Å². The average Bonchev–Trinajstić information content (AvgIpc) is 3.38. The smallest absolute Gasteiger partial charge is 0.385 e. The molecule has 1 aromatic heterocycles. The molecule has 0 spiro atoms. The number of alkyl halides is 3. The van der Waals surface area contributed by atoms with Crippen LogP contribution >= 0.6 is 11.6 Å². The summed E-state index contributed by atoms with van der Waals surface area (Å²) >= 11 is 5.93. The number of hydrogen-bond donors (Lipinski definition) is 3. The molecule has 1 amide bonds. The summed E-state index contributed by atoms with van der Waals surface area (Å²) < 4.78 is 64.5. The van der Waals surface area contributed by atoms with Gasteiger partial charge in [0.1, 0.15) is 29.2 Å². The third-order valence-corrected chi connectivity index (χ3v) is 5.16. The highest BCUT2D eigenvalue weighted by atomic mass is 35.5. The third-order valence-electron chi connectivity index (χ3n) is 4.96. The Morgan fingerprint density at radius 2 is 1.90 bits per heavy atom. The van der Waals surface area contributed by atoms with Crippen molar-refractivity contribution in [3.05, 3.63) is 58.2 Å². The molecule has 1 atom stereocenters. The fourth-order valence-electron chi connectivity index (χ4n) is 3.31. The van der Waals surface area contributed by atoms with Crippen molar-refractivity contribution >= 4 is 23.3 Å². The zero-order chi connectivity index (χ0) is 23.0. The summed E-state index contributed by atoms with van der Waals surface area (Å²) in [5.41, 5.74) is -2.57. The number of pyridine rings is 1. The minimum Gasteiger partial charge on any atom is -0.385 e. The van der Waals surface area contributed by atoms with Gasteiger partial charge in [-0.1, -0.05) is 17.7 Å². The maximum absolute atomic E-state index is 14.0. The largest absolute Gasteiger partial charge is 0.405 e. The molecule has 168 valence electrons. The van der Waals surface area contributed by atoms with Gasteiger partial charge in [0, 0.05) is 11.6 Å². The molecule has 1 heterocycles. The lowest BCUT2D eigenvalue weighted by Crippen LogP contribution is -2.39. The molecule has 1 fully saturated rings. The molecule has 0 aliphatic heterocycles. The van der Waals surface area contributed by atoms with E-state index in [1.165, 1.54) is 19.1 Å². The summed E-state index contributed by atoms with van der Waals surface area (Å²) in [6.07, 6.45) is -3.98. The zero-order valence-corrected chi connectivity index (χ0v) is 17.0. The van der Waals surface area contributed by atoms with Crippen LogP contribution in [0.25, 0.3) is 0 Å². The SMILES string of the molecule is CC(O)(CC(=O)NC1(c2cc(Cl)nc(NCC(F)(F)F)c2)CC1)c1ccc(F)cc1F. The number of amides is 1. The normalized spacial score (nSPS) is 17.0. The zero-order valence-electron chi connectivity index (χ0n) is 16.3. The number of nitrogens with zero attached hydrogens (tertiary/aromatic N) is 1. The Balaban J connectivity index is 1.73. The fraction of sp³-hybridized carbons (Fsp3) is 0.400. The van der Waals surface area contributed by atoms with E-state index in [2.05, 4.69) is 15.6 Å². The van der Waals surface area contributed by atoms with Crippen molar-refractivity contribution in [2.45, 2.75) is 43.5 Å². The van der Waals surface area contributed by atoms with Crippen LogP contribution in [0, 0.1) is 11.6 Å². The molecule has 3 rings (SSSR count). The lowest BCUT2D eigenvalue weighted by Gasteiger charge is -2.26. The number of rotatable bonds is 7. The van der Waals surface area contributed by atoms with Gasteiger partial charge >= 0.3 is 6.18 Å². The molecule has 11 heteroatoms. The molecule has 1 unspecified atom stereocenters. The molecule has 0 bridgehead atoms. The van der Waals surface area contributed by atoms with Crippen LogP contribution in [-0.4, -0.2) is 28.7 Å². The van der Waals surface area contributed by atoms with Crippen molar-refractivity contribution in [3.8, 4) is 0 Å². The summed E-state index contributed by atoms with van der Waals surface area (Å²) in [5, 5.41) is 15.4. The Morgan fingerprint density at radius 1 is 1.23 bits per heavy atom. The van der Waals surface area contributed by atoms with E-state index >= 15 is 0 Å². The first-order chi connectivity index (χ1) is 14.3. The van der Waals surface area contributed by atoms with Crippen LogP contribution in [0.15, 0.2) is 30.3 Å².